The highest BCUT2D eigenvalue weighted by Gasteiger charge is 2.20. The molecule has 0 saturated heterocycles. The SMILES string of the molecule is CCOC(C)(C)CNC(=O)c1ccc(F)cc1C#CCO. The third-order valence-electron chi connectivity index (χ3n) is 2.74. The Morgan fingerprint density at radius 3 is 2.81 bits per heavy atom. The fraction of sp³-hybridized carbons (Fsp3) is 0.438. The molecule has 0 radical (unpaired) electrons. The first kappa shape index (κ1) is 17.2. The second kappa shape index (κ2) is 7.77. The molecule has 0 fully saturated rings. The van der Waals surface area contributed by atoms with Gasteiger partial charge in [-0.05, 0) is 39.0 Å². The molecule has 1 aromatic carbocycles. The molecule has 2 N–H and O–H groups in total. The Morgan fingerprint density at radius 2 is 2.19 bits per heavy atom. The number of ether oxygens (including phenoxy) is 1. The van der Waals surface area contributed by atoms with Gasteiger partial charge in [-0.15, -0.1) is 0 Å². The van der Waals surface area contributed by atoms with Crippen molar-refractivity contribution in [1.82, 2.24) is 5.32 Å². The van der Waals surface area contributed by atoms with E-state index in [1.807, 2.05) is 20.8 Å². The van der Waals surface area contributed by atoms with Crippen LogP contribution in [0.5, 0.6) is 0 Å². The lowest BCUT2D eigenvalue weighted by atomic mass is 10.1. The van der Waals surface area contributed by atoms with E-state index in [0.29, 0.717) is 13.2 Å². The largest absolute Gasteiger partial charge is 0.384 e. The fourth-order valence-electron chi connectivity index (χ4n) is 1.78. The van der Waals surface area contributed by atoms with Crippen molar-refractivity contribution in [1.29, 1.82) is 0 Å². The summed E-state index contributed by atoms with van der Waals surface area (Å²) in [5, 5.41) is 11.5. The summed E-state index contributed by atoms with van der Waals surface area (Å²) < 4.78 is 18.7. The maximum Gasteiger partial charge on any atom is 0.252 e. The summed E-state index contributed by atoms with van der Waals surface area (Å²) in [6.07, 6.45) is 0. The maximum atomic E-state index is 13.2. The smallest absolute Gasteiger partial charge is 0.252 e. The van der Waals surface area contributed by atoms with Crippen LogP contribution in [0.25, 0.3) is 0 Å². The van der Waals surface area contributed by atoms with Crippen molar-refractivity contribution in [2.24, 2.45) is 0 Å². The molecule has 0 aliphatic rings. The van der Waals surface area contributed by atoms with Crippen LogP contribution in [0.3, 0.4) is 0 Å². The number of hydrogen-bond acceptors (Lipinski definition) is 3. The lowest BCUT2D eigenvalue weighted by Gasteiger charge is -2.25. The van der Waals surface area contributed by atoms with E-state index in [1.54, 1.807) is 0 Å². The first-order valence-corrected chi connectivity index (χ1v) is 6.71. The molecule has 21 heavy (non-hydrogen) atoms. The minimum atomic E-state index is -0.485. The van der Waals surface area contributed by atoms with Gasteiger partial charge in [-0.2, -0.15) is 0 Å². The Bertz CT molecular complexity index is 558. The van der Waals surface area contributed by atoms with Gasteiger partial charge in [0.05, 0.1) is 11.2 Å². The molecule has 1 aromatic rings. The van der Waals surface area contributed by atoms with Crippen LogP contribution in [0.4, 0.5) is 4.39 Å². The lowest BCUT2D eigenvalue weighted by Crippen LogP contribution is -2.40. The average Bonchev–Trinajstić information content (AvgIpc) is 2.42. The molecular weight excluding hydrogens is 273 g/mol. The van der Waals surface area contributed by atoms with Gasteiger partial charge in [-0.25, -0.2) is 4.39 Å². The number of aliphatic hydroxyl groups is 1. The van der Waals surface area contributed by atoms with E-state index in [-0.39, 0.29) is 23.6 Å². The number of amides is 1. The summed E-state index contributed by atoms with van der Waals surface area (Å²) in [5.41, 5.74) is 0.0295. The molecule has 0 atom stereocenters. The quantitative estimate of drug-likeness (QED) is 0.813. The molecule has 0 bridgehead atoms. The summed E-state index contributed by atoms with van der Waals surface area (Å²) in [4.78, 5) is 12.2. The molecular formula is C16H20FNO3. The highest BCUT2D eigenvalue weighted by molar-refractivity contribution is 5.96. The zero-order valence-corrected chi connectivity index (χ0v) is 12.5. The third-order valence-corrected chi connectivity index (χ3v) is 2.74. The molecule has 4 nitrogen and oxygen atoms in total. The van der Waals surface area contributed by atoms with Crippen molar-refractivity contribution >= 4 is 5.91 Å². The van der Waals surface area contributed by atoms with Crippen molar-refractivity contribution in [3.8, 4) is 11.8 Å². The normalized spacial score (nSPS) is 10.7. The van der Waals surface area contributed by atoms with Crippen molar-refractivity contribution in [2.75, 3.05) is 19.8 Å². The number of carbonyl (C=O) groups is 1. The van der Waals surface area contributed by atoms with E-state index >= 15 is 0 Å². The number of rotatable bonds is 5. The molecule has 0 heterocycles. The number of carbonyl (C=O) groups excluding carboxylic acids is 1. The number of halogens is 1. The van der Waals surface area contributed by atoms with Crippen molar-refractivity contribution in [3.63, 3.8) is 0 Å². The second-order valence-electron chi connectivity index (χ2n) is 5.03. The highest BCUT2D eigenvalue weighted by Crippen LogP contribution is 2.12. The second-order valence-corrected chi connectivity index (χ2v) is 5.03. The van der Waals surface area contributed by atoms with E-state index in [2.05, 4.69) is 17.2 Å². The fourth-order valence-corrected chi connectivity index (χ4v) is 1.78. The van der Waals surface area contributed by atoms with E-state index in [1.165, 1.54) is 18.2 Å². The van der Waals surface area contributed by atoms with Crippen molar-refractivity contribution in [3.05, 3.63) is 35.1 Å². The number of hydrogen-bond donors (Lipinski definition) is 2. The standard InChI is InChI=1S/C16H20FNO3/c1-4-21-16(2,3)11-18-15(20)14-8-7-13(17)10-12(14)6-5-9-19/h7-8,10,19H,4,9,11H2,1-3H3,(H,18,20). The molecule has 0 spiro atoms. The zero-order valence-electron chi connectivity index (χ0n) is 12.5. The first-order chi connectivity index (χ1) is 9.89. The summed E-state index contributed by atoms with van der Waals surface area (Å²) in [6.45, 7) is 6.14. The highest BCUT2D eigenvalue weighted by atomic mass is 19.1. The summed E-state index contributed by atoms with van der Waals surface area (Å²) in [7, 11) is 0. The number of nitrogens with one attached hydrogen (secondary N) is 1. The topological polar surface area (TPSA) is 58.6 Å². The summed E-state index contributed by atoms with van der Waals surface area (Å²) >= 11 is 0. The molecule has 114 valence electrons. The zero-order chi connectivity index (χ0) is 15.9. The van der Waals surface area contributed by atoms with Gasteiger partial charge in [-0.1, -0.05) is 11.8 Å². The van der Waals surface area contributed by atoms with Crippen LogP contribution in [-0.2, 0) is 4.74 Å². The molecule has 0 aliphatic carbocycles. The first-order valence-electron chi connectivity index (χ1n) is 6.71. The van der Waals surface area contributed by atoms with Crippen LogP contribution in [-0.4, -0.2) is 36.4 Å². The Morgan fingerprint density at radius 1 is 1.48 bits per heavy atom. The Kier molecular flexibility index (Phi) is 6.35. The van der Waals surface area contributed by atoms with Crippen LogP contribution < -0.4 is 5.32 Å². The Balaban J connectivity index is 2.87. The van der Waals surface area contributed by atoms with E-state index < -0.39 is 11.4 Å². The summed E-state index contributed by atoms with van der Waals surface area (Å²) in [6, 6.07) is 3.75. The molecule has 5 heteroatoms. The van der Waals surface area contributed by atoms with Crippen LogP contribution in [0.1, 0.15) is 36.7 Å². The lowest BCUT2D eigenvalue weighted by molar-refractivity contribution is -0.00815. The van der Waals surface area contributed by atoms with Gasteiger partial charge >= 0.3 is 0 Å². The predicted molar refractivity (Wildman–Crippen MR) is 78.4 cm³/mol. The molecule has 0 unspecified atom stereocenters. The van der Waals surface area contributed by atoms with Gasteiger partial charge in [0.2, 0.25) is 0 Å². The summed E-state index contributed by atoms with van der Waals surface area (Å²) in [5.74, 6) is 4.15. The number of aliphatic hydroxyl groups excluding tert-OH is 1. The van der Waals surface area contributed by atoms with Gasteiger partial charge in [0.1, 0.15) is 12.4 Å². The van der Waals surface area contributed by atoms with Crippen molar-refractivity contribution in [2.45, 2.75) is 26.4 Å². The van der Waals surface area contributed by atoms with Gasteiger partial charge in [0.15, 0.2) is 0 Å². The minimum Gasteiger partial charge on any atom is -0.384 e. The van der Waals surface area contributed by atoms with Crippen molar-refractivity contribution < 1.29 is 19.0 Å². The third kappa shape index (κ3) is 5.54. The average molecular weight is 293 g/mol. The van der Waals surface area contributed by atoms with Gasteiger partial charge in [-0.3, -0.25) is 4.79 Å². The van der Waals surface area contributed by atoms with Crippen LogP contribution in [0, 0.1) is 17.7 Å². The molecule has 0 aromatic heterocycles. The molecule has 1 amide bonds. The van der Waals surface area contributed by atoms with E-state index in [4.69, 9.17) is 9.84 Å². The minimum absolute atomic E-state index is 0.246. The van der Waals surface area contributed by atoms with Crippen LogP contribution in [0.15, 0.2) is 18.2 Å². The Hall–Kier alpha value is -1.90. The molecule has 1 rings (SSSR count). The predicted octanol–water partition coefficient (Wildman–Crippen LogP) is 1.71. The van der Waals surface area contributed by atoms with Gasteiger partial charge in [0, 0.05) is 18.7 Å². The van der Waals surface area contributed by atoms with Crippen LogP contribution >= 0.6 is 0 Å². The Labute approximate surface area is 124 Å². The van der Waals surface area contributed by atoms with Gasteiger partial charge < -0.3 is 15.2 Å². The van der Waals surface area contributed by atoms with E-state index in [0.717, 1.165) is 0 Å². The monoisotopic (exact) mass is 293 g/mol. The number of benzene rings is 1. The molecule has 0 aliphatic heterocycles. The van der Waals surface area contributed by atoms with E-state index in [9.17, 15) is 9.18 Å². The maximum absolute atomic E-state index is 13.2. The van der Waals surface area contributed by atoms with Crippen LogP contribution in [0.2, 0.25) is 0 Å². The van der Waals surface area contributed by atoms with Gasteiger partial charge in [0.25, 0.3) is 5.91 Å². The molecule has 0 saturated carbocycles.